The predicted molar refractivity (Wildman–Crippen MR) is 132 cm³/mol. The Kier molecular flexibility index (Phi) is 7.71. The molecule has 2 unspecified atom stereocenters. The molecule has 1 aromatic heterocycles. The molecule has 1 N–H and O–H groups in total. The molecule has 2 aromatic rings. The maximum Gasteiger partial charge on any atom is 0.421 e. The second-order valence-electron chi connectivity index (χ2n) is 9.28. The van der Waals surface area contributed by atoms with Gasteiger partial charge in [0, 0.05) is 31.9 Å². The number of hydrogen-bond acceptors (Lipinski definition) is 8. The van der Waals surface area contributed by atoms with Gasteiger partial charge in [-0.25, -0.2) is 16.8 Å². The molecule has 2 saturated heterocycles. The summed E-state index contributed by atoms with van der Waals surface area (Å²) >= 11 is 1.08. The molecule has 0 radical (unpaired) electrons. The first-order chi connectivity index (χ1) is 17.1. The van der Waals surface area contributed by atoms with Crippen molar-refractivity contribution in [2.24, 2.45) is 0 Å². The minimum atomic E-state index is -4.88. The summed E-state index contributed by atoms with van der Waals surface area (Å²) in [5.74, 6) is 0. The third kappa shape index (κ3) is 5.67. The van der Waals surface area contributed by atoms with Crippen molar-refractivity contribution in [2.75, 3.05) is 50.5 Å². The molecule has 206 valence electrons. The van der Waals surface area contributed by atoms with Gasteiger partial charge in [-0.3, -0.25) is 0 Å². The number of aliphatic hydroxyl groups is 1. The van der Waals surface area contributed by atoms with Crippen LogP contribution >= 0.6 is 11.3 Å². The summed E-state index contributed by atoms with van der Waals surface area (Å²) in [5, 5.41) is 11.7. The summed E-state index contributed by atoms with van der Waals surface area (Å²) in [4.78, 5) is 1.80. The van der Waals surface area contributed by atoms with Crippen LogP contribution in [0, 0.1) is 0 Å². The van der Waals surface area contributed by atoms with Crippen molar-refractivity contribution in [3.05, 3.63) is 47.3 Å². The number of hydrogen-bond donors (Lipinski definition) is 1. The highest BCUT2D eigenvalue weighted by Gasteiger charge is 2.51. The van der Waals surface area contributed by atoms with Gasteiger partial charge in [-0.2, -0.15) is 21.8 Å². The summed E-state index contributed by atoms with van der Waals surface area (Å²) in [6, 6.07) is 7.29. The van der Waals surface area contributed by atoms with Crippen LogP contribution in [0.15, 0.2) is 46.0 Å². The van der Waals surface area contributed by atoms with E-state index >= 15 is 0 Å². The van der Waals surface area contributed by atoms with Crippen LogP contribution in [0.5, 0.6) is 0 Å². The lowest BCUT2D eigenvalue weighted by Gasteiger charge is -2.45. The van der Waals surface area contributed by atoms with E-state index in [-0.39, 0.29) is 55.2 Å². The SMILES string of the molecule is CC(O)(c1ccc(N2CCN(S(=O)(=O)c3cccs3)CC2CN(C2COC2)S(C)(=O)=O)cc1)C(F)(F)F. The average molecular weight is 584 g/mol. The Balaban J connectivity index is 1.65. The third-order valence-corrected chi connectivity index (χ3v) is 11.2. The number of benzene rings is 1. The van der Waals surface area contributed by atoms with Gasteiger partial charge in [0.25, 0.3) is 10.0 Å². The molecule has 2 atom stereocenters. The number of piperazine rings is 1. The molecule has 9 nitrogen and oxygen atoms in total. The zero-order chi connectivity index (χ0) is 27.2. The molecule has 4 rings (SSSR count). The molecule has 1 aromatic carbocycles. The van der Waals surface area contributed by atoms with Crippen LogP contribution in [-0.4, -0.2) is 94.5 Å². The molecule has 0 amide bonds. The van der Waals surface area contributed by atoms with Gasteiger partial charge >= 0.3 is 6.18 Å². The highest BCUT2D eigenvalue weighted by molar-refractivity contribution is 7.91. The Morgan fingerprint density at radius 2 is 1.76 bits per heavy atom. The van der Waals surface area contributed by atoms with E-state index in [1.54, 1.807) is 16.3 Å². The maximum atomic E-state index is 13.3. The Labute approximate surface area is 218 Å². The summed E-state index contributed by atoms with van der Waals surface area (Å²) in [7, 11) is -7.47. The van der Waals surface area contributed by atoms with Crippen molar-refractivity contribution in [2.45, 2.75) is 35.0 Å². The Morgan fingerprint density at radius 3 is 2.24 bits per heavy atom. The monoisotopic (exact) mass is 583 g/mol. The zero-order valence-electron chi connectivity index (χ0n) is 20.1. The van der Waals surface area contributed by atoms with Crippen molar-refractivity contribution in [1.29, 1.82) is 0 Å². The highest BCUT2D eigenvalue weighted by atomic mass is 32.2. The van der Waals surface area contributed by atoms with E-state index in [0.717, 1.165) is 17.6 Å². The van der Waals surface area contributed by atoms with Crippen LogP contribution in [0.3, 0.4) is 0 Å². The summed E-state index contributed by atoms with van der Waals surface area (Å²) in [6.07, 6.45) is -3.80. The molecular weight excluding hydrogens is 555 g/mol. The first-order valence-corrected chi connectivity index (χ1v) is 15.5. The zero-order valence-corrected chi connectivity index (χ0v) is 22.6. The normalized spacial score (nSPS) is 22.1. The molecule has 0 aliphatic carbocycles. The summed E-state index contributed by atoms with van der Waals surface area (Å²) in [5.41, 5.74) is -2.91. The average Bonchev–Trinajstić information content (AvgIpc) is 3.32. The molecule has 2 aliphatic heterocycles. The minimum absolute atomic E-state index is 0.0259. The van der Waals surface area contributed by atoms with Crippen molar-refractivity contribution < 1.29 is 39.9 Å². The van der Waals surface area contributed by atoms with Gasteiger partial charge in [-0.15, -0.1) is 11.3 Å². The number of alkyl halides is 3. The van der Waals surface area contributed by atoms with Gasteiger partial charge in [0.15, 0.2) is 5.60 Å². The van der Waals surface area contributed by atoms with Crippen molar-refractivity contribution in [3.8, 4) is 0 Å². The number of nitrogens with zero attached hydrogens (tertiary/aromatic N) is 3. The lowest BCUT2D eigenvalue weighted by atomic mass is 9.95. The van der Waals surface area contributed by atoms with Gasteiger partial charge in [0.1, 0.15) is 4.21 Å². The van der Waals surface area contributed by atoms with Gasteiger partial charge in [0.05, 0.1) is 31.6 Å². The fraction of sp³-hybridized carbons (Fsp3) is 0.545. The lowest BCUT2D eigenvalue weighted by Crippen LogP contribution is -2.61. The van der Waals surface area contributed by atoms with Gasteiger partial charge in [-0.05, 0) is 36.1 Å². The molecule has 0 saturated carbocycles. The fourth-order valence-electron chi connectivity index (χ4n) is 4.37. The van der Waals surface area contributed by atoms with E-state index in [1.807, 2.05) is 0 Å². The molecule has 37 heavy (non-hydrogen) atoms. The number of thiophene rings is 1. The topological polar surface area (TPSA) is 107 Å². The standard InChI is InChI=1S/C22H28F3N3O6S3/c1-21(29,22(23,24)25)16-5-7-17(8-6-16)27-10-9-26(37(32,33)20-4-3-11-35-20)12-18(27)13-28(36(2,30)31)19-14-34-15-19/h3-8,11,18-19,29H,9-10,12-15H2,1-2H3. The van der Waals surface area contributed by atoms with E-state index in [0.29, 0.717) is 12.6 Å². The van der Waals surface area contributed by atoms with Crippen molar-refractivity contribution in [1.82, 2.24) is 8.61 Å². The second-order valence-corrected chi connectivity index (χ2v) is 14.3. The van der Waals surface area contributed by atoms with E-state index in [4.69, 9.17) is 4.74 Å². The summed E-state index contributed by atoms with van der Waals surface area (Å²) in [6.45, 7) is 1.33. The third-order valence-electron chi connectivity index (χ3n) is 6.69. The fourth-order valence-corrected chi connectivity index (χ4v) is 8.09. The Bertz CT molecular complexity index is 1300. The van der Waals surface area contributed by atoms with Gasteiger partial charge in [0.2, 0.25) is 10.0 Å². The largest absolute Gasteiger partial charge is 0.421 e. The molecule has 0 spiro atoms. The minimum Gasteiger partial charge on any atom is -0.378 e. The molecule has 2 aliphatic rings. The molecule has 2 fully saturated rings. The van der Waals surface area contributed by atoms with E-state index in [9.17, 15) is 35.1 Å². The first kappa shape index (κ1) is 28.3. The van der Waals surface area contributed by atoms with Crippen molar-refractivity contribution >= 4 is 37.1 Å². The van der Waals surface area contributed by atoms with Gasteiger partial charge < -0.3 is 14.7 Å². The number of halogens is 3. The quantitative estimate of drug-likeness (QED) is 0.507. The van der Waals surface area contributed by atoms with Crippen LogP contribution in [-0.2, 0) is 30.4 Å². The van der Waals surface area contributed by atoms with Crippen LogP contribution < -0.4 is 4.90 Å². The Morgan fingerprint density at radius 1 is 1.11 bits per heavy atom. The van der Waals surface area contributed by atoms with Crippen LogP contribution in [0.25, 0.3) is 0 Å². The lowest BCUT2D eigenvalue weighted by molar-refractivity contribution is -0.258. The number of rotatable bonds is 8. The first-order valence-electron chi connectivity index (χ1n) is 11.4. The van der Waals surface area contributed by atoms with Gasteiger partial charge in [-0.1, -0.05) is 18.2 Å². The molecule has 0 bridgehead atoms. The maximum absolute atomic E-state index is 13.3. The number of sulfonamides is 2. The predicted octanol–water partition coefficient (Wildman–Crippen LogP) is 2.06. The molecule has 15 heteroatoms. The number of ether oxygens (including phenoxy) is 1. The van der Waals surface area contributed by atoms with E-state index in [1.165, 1.54) is 38.9 Å². The van der Waals surface area contributed by atoms with Crippen LogP contribution in [0.2, 0.25) is 0 Å². The van der Waals surface area contributed by atoms with Crippen LogP contribution in [0.4, 0.5) is 18.9 Å². The van der Waals surface area contributed by atoms with E-state index in [2.05, 4.69) is 0 Å². The van der Waals surface area contributed by atoms with Crippen LogP contribution in [0.1, 0.15) is 12.5 Å². The van der Waals surface area contributed by atoms with E-state index < -0.39 is 37.9 Å². The summed E-state index contributed by atoms with van der Waals surface area (Å²) < 4.78 is 99.4. The van der Waals surface area contributed by atoms with Crippen molar-refractivity contribution in [3.63, 3.8) is 0 Å². The Hall–Kier alpha value is -1.75. The second kappa shape index (κ2) is 10.1. The highest BCUT2D eigenvalue weighted by Crippen LogP contribution is 2.39. The molecular formula is C22H28F3N3O6S3. The molecule has 3 heterocycles. The smallest absolute Gasteiger partial charge is 0.378 e. The number of anilines is 1.